The van der Waals surface area contributed by atoms with Crippen LogP contribution in [-0.4, -0.2) is 47.0 Å². The Morgan fingerprint density at radius 3 is 2.50 bits per heavy atom. The van der Waals surface area contributed by atoms with Crippen molar-refractivity contribution in [2.45, 2.75) is 26.2 Å². The van der Waals surface area contributed by atoms with Gasteiger partial charge < -0.3 is 9.80 Å². The van der Waals surface area contributed by atoms with E-state index in [2.05, 4.69) is 22.9 Å². The van der Waals surface area contributed by atoms with Gasteiger partial charge in [0.05, 0.1) is 23.1 Å². The number of amides is 1. The number of rotatable bonds is 6. The first-order chi connectivity index (χ1) is 16.5. The maximum atomic E-state index is 13.0. The molecule has 0 aliphatic carbocycles. The van der Waals surface area contributed by atoms with Crippen LogP contribution in [0, 0.1) is 11.3 Å². The van der Waals surface area contributed by atoms with Gasteiger partial charge in [-0.3, -0.25) is 4.79 Å². The molecular formula is C26H25Cl2N5O. The van der Waals surface area contributed by atoms with E-state index in [1.807, 2.05) is 41.3 Å². The van der Waals surface area contributed by atoms with Crippen molar-refractivity contribution in [2.24, 2.45) is 0 Å². The van der Waals surface area contributed by atoms with E-state index < -0.39 is 0 Å². The number of hydrogen-bond acceptors (Lipinski definition) is 5. The quantitative estimate of drug-likeness (QED) is 0.484. The second-order valence-electron chi connectivity index (χ2n) is 8.14. The topological polar surface area (TPSA) is 73.1 Å². The summed E-state index contributed by atoms with van der Waals surface area (Å²) in [6.45, 7) is 4.43. The number of benzene rings is 2. The minimum absolute atomic E-state index is 0.0634. The number of aryl methyl sites for hydroxylation is 1. The summed E-state index contributed by atoms with van der Waals surface area (Å²) < 4.78 is 0. The normalized spacial score (nSPS) is 13.6. The lowest BCUT2D eigenvalue weighted by Gasteiger charge is -2.36. The average molecular weight is 494 g/mol. The molecule has 0 bridgehead atoms. The minimum Gasteiger partial charge on any atom is -0.353 e. The number of anilines is 1. The van der Waals surface area contributed by atoms with Gasteiger partial charge in [0, 0.05) is 48.9 Å². The molecule has 0 unspecified atom stereocenters. The van der Waals surface area contributed by atoms with Gasteiger partial charge in [-0.1, -0.05) is 54.4 Å². The van der Waals surface area contributed by atoms with E-state index >= 15 is 0 Å². The predicted octanol–water partition coefficient (Wildman–Crippen LogP) is 4.97. The first kappa shape index (κ1) is 24.0. The summed E-state index contributed by atoms with van der Waals surface area (Å²) in [7, 11) is 0. The van der Waals surface area contributed by atoms with Gasteiger partial charge in [0.25, 0.3) is 5.91 Å². The summed E-state index contributed by atoms with van der Waals surface area (Å²) in [6.07, 6.45) is 1.53. The van der Waals surface area contributed by atoms with Gasteiger partial charge in [0.1, 0.15) is 11.6 Å². The fourth-order valence-corrected chi connectivity index (χ4v) is 4.66. The molecule has 0 atom stereocenters. The lowest BCUT2D eigenvalue weighted by molar-refractivity contribution is 0.0746. The van der Waals surface area contributed by atoms with Crippen LogP contribution in [-0.2, 0) is 19.3 Å². The van der Waals surface area contributed by atoms with Gasteiger partial charge in [-0.15, -0.1) is 0 Å². The molecule has 1 amide bonds. The van der Waals surface area contributed by atoms with E-state index in [4.69, 9.17) is 28.2 Å². The third-order valence-electron chi connectivity index (χ3n) is 5.93. The van der Waals surface area contributed by atoms with E-state index in [1.54, 1.807) is 12.1 Å². The Morgan fingerprint density at radius 1 is 1.06 bits per heavy atom. The number of hydrogen-bond donors (Lipinski definition) is 0. The highest BCUT2D eigenvalue weighted by Crippen LogP contribution is 2.27. The number of halogens is 2. The van der Waals surface area contributed by atoms with Crippen molar-refractivity contribution in [1.29, 1.82) is 5.26 Å². The maximum absolute atomic E-state index is 13.0. The Bertz CT molecular complexity index is 1230. The number of piperazine rings is 1. The molecule has 3 aromatic rings. The third-order valence-corrected chi connectivity index (χ3v) is 6.49. The molecular weight excluding hydrogens is 469 g/mol. The number of nitriles is 1. The largest absolute Gasteiger partial charge is 0.353 e. The SMILES string of the molecule is CCc1nc(CC#N)nc(N2CCN(C(=O)c3ccccc3Cl)CC2)c1Cc1cccc(Cl)c1. The molecule has 8 heteroatoms. The molecule has 1 aliphatic rings. The molecule has 4 rings (SSSR count). The van der Waals surface area contributed by atoms with Gasteiger partial charge in [-0.2, -0.15) is 5.26 Å². The lowest BCUT2D eigenvalue weighted by atomic mass is 10.0. The standard InChI is InChI=1S/C26H25Cl2N5O/c1-2-23-21(17-18-6-5-7-19(27)16-18)25(31-24(30-23)10-11-29)32-12-14-33(15-13-32)26(34)20-8-3-4-9-22(20)28/h3-9,16H,2,10,12-15,17H2,1H3. The van der Waals surface area contributed by atoms with Gasteiger partial charge in [-0.25, -0.2) is 9.97 Å². The van der Waals surface area contributed by atoms with Gasteiger partial charge in [0.2, 0.25) is 0 Å². The zero-order valence-corrected chi connectivity index (χ0v) is 20.5. The van der Waals surface area contributed by atoms with Crippen LogP contribution in [0.1, 0.15) is 39.9 Å². The monoisotopic (exact) mass is 493 g/mol. The molecule has 1 saturated heterocycles. The summed E-state index contributed by atoms with van der Waals surface area (Å²) in [5.74, 6) is 1.30. The lowest BCUT2D eigenvalue weighted by Crippen LogP contribution is -2.49. The zero-order valence-electron chi connectivity index (χ0n) is 19.0. The first-order valence-corrected chi connectivity index (χ1v) is 12.0. The van der Waals surface area contributed by atoms with Gasteiger partial charge >= 0.3 is 0 Å². The maximum Gasteiger partial charge on any atom is 0.255 e. The molecule has 0 saturated carbocycles. The molecule has 0 N–H and O–H groups in total. The van der Waals surface area contributed by atoms with Gasteiger partial charge in [0.15, 0.2) is 0 Å². The summed E-state index contributed by atoms with van der Waals surface area (Å²) >= 11 is 12.5. The summed E-state index contributed by atoms with van der Waals surface area (Å²) in [4.78, 5) is 26.5. The van der Waals surface area contributed by atoms with Crippen molar-refractivity contribution in [1.82, 2.24) is 14.9 Å². The van der Waals surface area contributed by atoms with Crippen LogP contribution < -0.4 is 4.90 Å². The van der Waals surface area contributed by atoms with E-state index in [-0.39, 0.29) is 12.3 Å². The van der Waals surface area contributed by atoms with Crippen molar-refractivity contribution in [3.05, 3.63) is 86.8 Å². The fraction of sp³-hybridized carbons (Fsp3) is 0.308. The van der Waals surface area contributed by atoms with Crippen LogP contribution in [0.25, 0.3) is 0 Å². The number of nitrogens with zero attached hydrogens (tertiary/aromatic N) is 5. The highest BCUT2D eigenvalue weighted by atomic mass is 35.5. The molecule has 1 aromatic heterocycles. The molecule has 2 aromatic carbocycles. The van der Waals surface area contributed by atoms with Crippen LogP contribution in [0.5, 0.6) is 0 Å². The van der Waals surface area contributed by atoms with Crippen LogP contribution in [0.4, 0.5) is 5.82 Å². The number of carbonyl (C=O) groups is 1. The zero-order chi connectivity index (χ0) is 24.1. The summed E-state index contributed by atoms with van der Waals surface area (Å²) in [6, 6.07) is 17.1. The molecule has 0 radical (unpaired) electrons. The Labute approximate surface area is 209 Å². The van der Waals surface area contributed by atoms with Crippen LogP contribution in [0.15, 0.2) is 48.5 Å². The predicted molar refractivity (Wildman–Crippen MR) is 135 cm³/mol. The van der Waals surface area contributed by atoms with Crippen molar-refractivity contribution in [3.8, 4) is 6.07 Å². The molecule has 1 fully saturated rings. The van der Waals surface area contributed by atoms with E-state index in [1.165, 1.54) is 0 Å². The Balaban J connectivity index is 1.61. The van der Waals surface area contributed by atoms with Gasteiger partial charge in [-0.05, 0) is 36.2 Å². The van der Waals surface area contributed by atoms with E-state index in [0.29, 0.717) is 54.0 Å². The molecule has 1 aliphatic heterocycles. The second kappa shape index (κ2) is 10.9. The van der Waals surface area contributed by atoms with Crippen LogP contribution >= 0.6 is 23.2 Å². The summed E-state index contributed by atoms with van der Waals surface area (Å²) in [5.41, 5.74) is 3.57. The Kier molecular flexibility index (Phi) is 7.66. The summed E-state index contributed by atoms with van der Waals surface area (Å²) in [5, 5.41) is 10.4. The molecule has 174 valence electrons. The highest BCUT2D eigenvalue weighted by molar-refractivity contribution is 6.33. The molecule has 0 spiro atoms. The Hall–Kier alpha value is -3.14. The number of aromatic nitrogens is 2. The van der Waals surface area contributed by atoms with Crippen molar-refractivity contribution < 1.29 is 4.79 Å². The number of carbonyl (C=O) groups excluding carboxylic acids is 1. The molecule has 2 heterocycles. The second-order valence-corrected chi connectivity index (χ2v) is 8.99. The minimum atomic E-state index is -0.0634. The first-order valence-electron chi connectivity index (χ1n) is 11.3. The van der Waals surface area contributed by atoms with E-state index in [9.17, 15) is 10.1 Å². The smallest absolute Gasteiger partial charge is 0.255 e. The van der Waals surface area contributed by atoms with E-state index in [0.717, 1.165) is 29.1 Å². The Morgan fingerprint density at radius 2 is 1.82 bits per heavy atom. The molecule has 6 nitrogen and oxygen atoms in total. The van der Waals surface area contributed by atoms with Crippen LogP contribution in [0.3, 0.4) is 0 Å². The van der Waals surface area contributed by atoms with Crippen molar-refractivity contribution >= 4 is 34.9 Å². The third kappa shape index (κ3) is 5.32. The average Bonchev–Trinajstić information content (AvgIpc) is 2.85. The van der Waals surface area contributed by atoms with Crippen LogP contribution in [0.2, 0.25) is 10.0 Å². The fourth-order valence-electron chi connectivity index (χ4n) is 4.23. The highest BCUT2D eigenvalue weighted by Gasteiger charge is 2.27. The molecule has 34 heavy (non-hydrogen) atoms. The van der Waals surface area contributed by atoms with Crippen molar-refractivity contribution in [2.75, 3.05) is 31.1 Å². The van der Waals surface area contributed by atoms with Crippen molar-refractivity contribution in [3.63, 3.8) is 0 Å².